The van der Waals surface area contributed by atoms with E-state index in [2.05, 4.69) is 13.0 Å². The maximum absolute atomic E-state index is 14.9. The minimum atomic E-state index is -1.02. The lowest BCUT2D eigenvalue weighted by atomic mass is 9.87. The highest BCUT2D eigenvalue weighted by Gasteiger charge is 2.17. The highest BCUT2D eigenvalue weighted by molar-refractivity contribution is 5.74. The fourth-order valence-corrected chi connectivity index (χ4v) is 4.21. The van der Waals surface area contributed by atoms with Gasteiger partial charge in [0.05, 0.1) is 6.26 Å². The monoisotopic (exact) mass is 462 g/mol. The quantitative estimate of drug-likeness (QED) is 0.318. The maximum Gasteiger partial charge on any atom is 0.201 e. The average Bonchev–Trinajstić information content (AvgIpc) is 2.85. The molecule has 4 heteroatoms. The maximum atomic E-state index is 14.9. The van der Waals surface area contributed by atoms with Crippen molar-refractivity contribution in [3.63, 3.8) is 0 Å². The molecule has 0 N–H and O–H groups in total. The van der Waals surface area contributed by atoms with Crippen molar-refractivity contribution in [1.82, 2.24) is 0 Å². The van der Waals surface area contributed by atoms with Gasteiger partial charge in [-0.05, 0) is 78.1 Å². The molecule has 0 aromatic heterocycles. The van der Waals surface area contributed by atoms with Crippen LogP contribution >= 0.6 is 0 Å². The molecule has 0 spiro atoms. The highest BCUT2D eigenvalue weighted by atomic mass is 19.2. The Labute approximate surface area is 199 Å². The van der Waals surface area contributed by atoms with Crippen LogP contribution in [-0.4, -0.2) is 0 Å². The van der Waals surface area contributed by atoms with E-state index in [0.717, 1.165) is 48.8 Å². The second-order valence-corrected chi connectivity index (χ2v) is 8.90. The molecular formula is C30H29F3O. The molecule has 1 atom stereocenters. The first-order valence-electron chi connectivity index (χ1n) is 11.9. The summed E-state index contributed by atoms with van der Waals surface area (Å²) in [6.45, 7) is 4.23. The average molecular weight is 463 g/mol. The molecule has 0 fully saturated rings. The van der Waals surface area contributed by atoms with E-state index in [4.69, 9.17) is 4.74 Å². The summed E-state index contributed by atoms with van der Waals surface area (Å²) in [5.74, 6) is -1.72. The molecule has 0 amide bonds. The van der Waals surface area contributed by atoms with Crippen molar-refractivity contribution in [2.75, 3.05) is 0 Å². The summed E-state index contributed by atoms with van der Waals surface area (Å²) in [5, 5.41) is 0. The van der Waals surface area contributed by atoms with Gasteiger partial charge >= 0.3 is 0 Å². The van der Waals surface area contributed by atoms with Gasteiger partial charge < -0.3 is 4.74 Å². The minimum absolute atomic E-state index is 0.147. The van der Waals surface area contributed by atoms with Gasteiger partial charge in [0.2, 0.25) is 5.82 Å². The number of ether oxygens (including phenoxy) is 1. The third-order valence-corrected chi connectivity index (χ3v) is 6.31. The number of allylic oxidation sites excluding steroid dienone is 3. The number of unbranched alkanes of at least 4 members (excludes halogenated alkanes) is 1. The topological polar surface area (TPSA) is 9.23 Å². The summed E-state index contributed by atoms with van der Waals surface area (Å²) in [4.78, 5) is 0. The van der Waals surface area contributed by atoms with Gasteiger partial charge in [0.25, 0.3) is 0 Å². The van der Waals surface area contributed by atoms with Gasteiger partial charge in [-0.15, -0.1) is 0 Å². The summed E-state index contributed by atoms with van der Waals surface area (Å²) in [5.41, 5.74) is 3.97. The molecule has 34 heavy (non-hydrogen) atoms. The molecule has 1 aliphatic rings. The van der Waals surface area contributed by atoms with Gasteiger partial charge in [-0.2, -0.15) is 4.39 Å². The summed E-state index contributed by atoms with van der Waals surface area (Å²) < 4.78 is 49.3. The molecule has 0 saturated heterocycles. The van der Waals surface area contributed by atoms with Crippen molar-refractivity contribution in [3.8, 4) is 28.0 Å². The third-order valence-electron chi connectivity index (χ3n) is 6.31. The first kappa shape index (κ1) is 23.9. The number of hydrogen-bond acceptors (Lipinski definition) is 1. The molecule has 1 nitrogen and oxygen atoms in total. The number of halogens is 3. The smallest absolute Gasteiger partial charge is 0.201 e. The first-order valence-corrected chi connectivity index (χ1v) is 11.9. The van der Waals surface area contributed by atoms with Crippen molar-refractivity contribution >= 4 is 5.57 Å². The van der Waals surface area contributed by atoms with Crippen LogP contribution in [0.3, 0.4) is 0 Å². The Morgan fingerprint density at radius 1 is 0.882 bits per heavy atom. The normalized spacial score (nSPS) is 16.0. The minimum Gasteiger partial charge on any atom is -0.462 e. The Kier molecular flexibility index (Phi) is 7.56. The molecule has 3 aromatic carbocycles. The molecule has 0 saturated carbocycles. The van der Waals surface area contributed by atoms with E-state index >= 15 is 0 Å². The van der Waals surface area contributed by atoms with Crippen LogP contribution in [0.4, 0.5) is 13.2 Å². The molecule has 3 aromatic rings. The lowest BCUT2D eigenvalue weighted by molar-refractivity contribution is 0.414. The van der Waals surface area contributed by atoms with Crippen LogP contribution in [0.5, 0.6) is 5.75 Å². The van der Waals surface area contributed by atoms with E-state index in [0.29, 0.717) is 17.0 Å². The van der Waals surface area contributed by atoms with Crippen LogP contribution in [0.1, 0.15) is 51.5 Å². The van der Waals surface area contributed by atoms with E-state index in [1.54, 1.807) is 36.4 Å². The SMILES string of the molecule is CCC/C=C\Oc1ccc(-c2ccc(-c3ccc(C4=CCC(C)CC4)c(F)c3)cc2)c(F)c1F. The lowest BCUT2D eigenvalue weighted by Crippen LogP contribution is -2.02. The Balaban J connectivity index is 1.53. The van der Waals surface area contributed by atoms with E-state index in [1.807, 2.05) is 19.1 Å². The van der Waals surface area contributed by atoms with E-state index in [-0.39, 0.29) is 17.1 Å². The zero-order valence-corrected chi connectivity index (χ0v) is 19.6. The summed E-state index contributed by atoms with van der Waals surface area (Å²) >= 11 is 0. The number of rotatable bonds is 7. The van der Waals surface area contributed by atoms with Crippen molar-refractivity contribution in [2.45, 2.75) is 46.0 Å². The zero-order chi connectivity index (χ0) is 24.1. The lowest BCUT2D eigenvalue weighted by Gasteiger charge is -2.19. The van der Waals surface area contributed by atoms with Gasteiger partial charge in [0, 0.05) is 11.1 Å². The Morgan fingerprint density at radius 2 is 1.59 bits per heavy atom. The Bertz CT molecular complexity index is 1210. The fraction of sp³-hybridized carbons (Fsp3) is 0.267. The fourth-order valence-electron chi connectivity index (χ4n) is 4.21. The van der Waals surface area contributed by atoms with Crippen LogP contribution < -0.4 is 4.74 Å². The Morgan fingerprint density at radius 3 is 2.26 bits per heavy atom. The summed E-state index contributed by atoms with van der Waals surface area (Å²) in [6.07, 6.45) is 10.0. The van der Waals surface area contributed by atoms with Crippen molar-refractivity contribution in [1.29, 1.82) is 0 Å². The second kappa shape index (κ2) is 10.8. The van der Waals surface area contributed by atoms with Crippen LogP contribution in [0.25, 0.3) is 27.8 Å². The summed E-state index contributed by atoms with van der Waals surface area (Å²) in [6, 6.07) is 15.2. The van der Waals surface area contributed by atoms with E-state index in [9.17, 15) is 13.2 Å². The standard InChI is InChI=1S/C30H29F3O/c1-3-4-5-18-34-28-17-16-26(29(32)30(28)33)23-12-10-21(11-13-23)24-14-15-25(27(31)19-24)22-8-6-20(2)7-9-22/h5,8,10-20H,3-4,6-7,9H2,1-2H3/b18-5-. The van der Waals surface area contributed by atoms with Crippen molar-refractivity contribution in [2.24, 2.45) is 5.92 Å². The summed E-state index contributed by atoms with van der Waals surface area (Å²) in [7, 11) is 0. The molecule has 0 radical (unpaired) electrons. The van der Waals surface area contributed by atoms with Crippen molar-refractivity contribution < 1.29 is 17.9 Å². The van der Waals surface area contributed by atoms with Crippen LogP contribution in [0.2, 0.25) is 0 Å². The molecule has 0 aliphatic heterocycles. The molecular weight excluding hydrogens is 433 g/mol. The zero-order valence-electron chi connectivity index (χ0n) is 19.6. The highest BCUT2D eigenvalue weighted by Crippen LogP contribution is 2.34. The molecule has 0 heterocycles. The van der Waals surface area contributed by atoms with Gasteiger partial charge in [0.1, 0.15) is 5.82 Å². The molecule has 4 rings (SSSR count). The van der Waals surface area contributed by atoms with Crippen LogP contribution in [0.15, 0.2) is 73.0 Å². The Hall–Kier alpha value is -3.27. The predicted octanol–water partition coefficient (Wildman–Crippen LogP) is 9.33. The second-order valence-electron chi connectivity index (χ2n) is 8.90. The first-order chi connectivity index (χ1) is 16.5. The van der Waals surface area contributed by atoms with E-state index in [1.165, 1.54) is 18.4 Å². The molecule has 1 unspecified atom stereocenters. The van der Waals surface area contributed by atoms with Gasteiger partial charge in [-0.3, -0.25) is 0 Å². The van der Waals surface area contributed by atoms with Crippen LogP contribution in [0, 0.1) is 23.4 Å². The molecule has 1 aliphatic carbocycles. The number of hydrogen-bond donors (Lipinski definition) is 0. The predicted molar refractivity (Wildman–Crippen MR) is 133 cm³/mol. The van der Waals surface area contributed by atoms with Gasteiger partial charge in [0.15, 0.2) is 11.6 Å². The molecule has 176 valence electrons. The van der Waals surface area contributed by atoms with E-state index < -0.39 is 11.6 Å². The largest absolute Gasteiger partial charge is 0.462 e. The van der Waals surface area contributed by atoms with Gasteiger partial charge in [-0.25, -0.2) is 8.78 Å². The molecule has 0 bridgehead atoms. The third kappa shape index (κ3) is 5.27. The van der Waals surface area contributed by atoms with Crippen LogP contribution in [-0.2, 0) is 0 Å². The van der Waals surface area contributed by atoms with Crippen molar-refractivity contribution in [3.05, 3.63) is 96.0 Å². The van der Waals surface area contributed by atoms with Gasteiger partial charge in [-0.1, -0.05) is 62.7 Å². The number of benzene rings is 3.